The van der Waals surface area contributed by atoms with E-state index < -0.39 is 6.10 Å². The summed E-state index contributed by atoms with van der Waals surface area (Å²) in [7, 11) is 0. The van der Waals surface area contributed by atoms with Gasteiger partial charge < -0.3 is 14.2 Å². The molecule has 0 aromatic carbocycles. The topological polar surface area (TPSA) is 78.9 Å². The summed E-state index contributed by atoms with van der Waals surface area (Å²) in [6.07, 6.45) is 69.0. The fourth-order valence-corrected chi connectivity index (χ4v) is 8.86. The van der Waals surface area contributed by atoms with Crippen LogP contribution < -0.4 is 0 Å². The number of esters is 3. The van der Waals surface area contributed by atoms with Gasteiger partial charge in [0.15, 0.2) is 6.10 Å². The van der Waals surface area contributed by atoms with Gasteiger partial charge in [-0.3, -0.25) is 14.4 Å². The monoisotopic (exact) mass is 955 g/mol. The summed E-state index contributed by atoms with van der Waals surface area (Å²) in [6.45, 7) is 6.58. The van der Waals surface area contributed by atoms with Crippen molar-refractivity contribution in [2.75, 3.05) is 13.2 Å². The molecule has 6 heteroatoms. The predicted molar refractivity (Wildman–Crippen MR) is 293 cm³/mol. The van der Waals surface area contributed by atoms with Crippen LogP contribution >= 0.6 is 0 Å². The van der Waals surface area contributed by atoms with Crippen LogP contribution in [-0.4, -0.2) is 37.2 Å². The van der Waals surface area contributed by atoms with Crippen LogP contribution in [0.3, 0.4) is 0 Å². The van der Waals surface area contributed by atoms with Gasteiger partial charge in [-0.25, -0.2) is 0 Å². The van der Waals surface area contributed by atoms with Crippen LogP contribution in [0.1, 0.15) is 323 Å². The lowest BCUT2D eigenvalue weighted by Gasteiger charge is -2.18. The first-order valence-corrected chi connectivity index (χ1v) is 30.0. The zero-order chi connectivity index (χ0) is 49.3. The van der Waals surface area contributed by atoms with Crippen molar-refractivity contribution in [3.63, 3.8) is 0 Å². The maximum absolute atomic E-state index is 12.8. The van der Waals surface area contributed by atoms with E-state index in [1.54, 1.807) is 0 Å². The third-order valence-corrected chi connectivity index (χ3v) is 13.4. The number of hydrogen-bond acceptors (Lipinski definition) is 6. The van der Waals surface area contributed by atoms with E-state index >= 15 is 0 Å². The van der Waals surface area contributed by atoms with Gasteiger partial charge in [-0.2, -0.15) is 0 Å². The zero-order valence-electron chi connectivity index (χ0n) is 45.6. The van der Waals surface area contributed by atoms with Crippen molar-refractivity contribution in [1.29, 1.82) is 0 Å². The molecule has 6 nitrogen and oxygen atoms in total. The second kappa shape index (κ2) is 57.2. The summed E-state index contributed by atoms with van der Waals surface area (Å²) in [4.78, 5) is 37.8. The highest BCUT2D eigenvalue weighted by atomic mass is 16.6. The van der Waals surface area contributed by atoms with Crippen molar-refractivity contribution >= 4 is 17.9 Å². The fourth-order valence-electron chi connectivity index (χ4n) is 8.86. The zero-order valence-corrected chi connectivity index (χ0v) is 45.6. The first-order valence-electron chi connectivity index (χ1n) is 30.0. The van der Waals surface area contributed by atoms with Crippen LogP contribution in [0.5, 0.6) is 0 Å². The maximum atomic E-state index is 12.8. The quantitative estimate of drug-likeness (QED) is 0.0262. The molecule has 0 saturated carbocycles. The van der Waals surface area contributed by atoms with E-state index in [1.807, 2.05) is 0 Å². The summed E-state index contributed by atoms with van der Waals surface area (Å²) in [6, 6.07) is 0. The van der Waals surface area contributed by atoms with Gasteiger partial charge in [-0.05, 0) is 57.8 Å². The van der Waals surface area contributed by atoms with Crippen LogP contribution in [0.25, 0.3) is 0 Å². The lowest BCUT2D eigenvalue weighted by molar-refractivity contribution is -0.167. The van der Waals surface area contributed by atoms with E-state index in [0.29, 0.717) is 19.3 Å². The summed E-state index contributed by atoms with van der Waals surface area (Å²) in [5.74, 6) is -0.875. The molecule has 1 unspecified atom stereocenters. The molecule has 0 amide bonds. The molecule has 0 aliphatic rings. The molecule has 0 rings (SSSR count). The van der Waals surface area contributed by atoms with Gasteiger partial charge in [0.25, 0.3) is 0 Å². The minimum absolute atomic E-state index is 0.0722. The van der Waals surface area contributed by atoms with Gasteiger partial charge in [0.1, 0.15) is 13.2 Å². The second-order valence-electron chi connectivity index (χ2n) is 20.3. The molecule has 0 spiro atoms. The standard InChI is InChI=1S/C62H114O6/c1-4-7-10-13-15-17-19-21-23-25-27-29-31-33-34-36-38-40-42-44-46-49-52-55-61(64)67-58-59(57-66-60(63)54-51-48-12-9-6-3)68-62(65)56-53-50-47-45-43-41-39-37-35-32-30-28-26-24-22-20-18-16-14-11-8-5-2/h19,21,25,27,31,33,59H,4-18,20,22-24,26,28-30,32,34-58H2,1-3H3/b21-19-,27-25-,33-31-. The SMILES string of the molecule is CCCCCCC/C=C\C/C=C\C/C=C\CCCCCCCCCCC(=O)OCC(COC(=O)CCCCCCC)OC(=O)CCCCCCCCCCCCCCCCCCCCCCCC. The number of hydrogen-bond donors (Lipinski definition) is 0. The first-order chi connectivity index (χ1) is 33.5. The minimum Gasteiger partial charge on any atom is -0.462 e. The molecule has 0 aliphatic heterocycles. The third-order valence-electron chi connectivity index (χ3n) is 13.4. The first kappa shape index (κ1) is 65.6. The molecule has 0 saturated heterocycles. The summed E-state index contributed by atoms with van der Waals surface area (Å²) < 4.78 is 16.7. The number of carbonyl (C=O) groups is 3. The Labute approximate surface area is 423 Å². The molecule has 68 heavy (non-hydrogen) atoms. The van der Waals surface area contributed by atoms with Crippen LogP contribution in [0.15, 0.2) is 36.5 Å². The highest BCUT2D eigenvalue weighted by molar-refractivity contribution is 5.71. The largest absolute Gasteiger partial charge is 0.462 e. The fraction of sp³-hybridized carbons (Fsp3) is 0.855. The molecule has 0 radical (unpaired) electrons. The minimum atomic E-state index is -0.769. The highest BCUT2D eigenvalue weighted by Crippen LogP contribution is 2.17. The van der Waals surface area contributed by atoms with E-state index in [1.165, 1.54) is 199 Å². The molecular formula is C62H114O6. The average molecular weight is 956 g/mol. The highest BCUT2D eigenvalue weighted by Gasteiger charge is 2.19. The lowest BCUT2D eigenvalue weighted by Crippen LogP contribution is -2.30. The van der Waals surface area contributed by atoms with Gasteiger partial charge >= 0.3 is 17.9 Å². The maximum Gasteiger partial charge on any atom is 0.306 e. The van der Waals surface area contributed by atoms with Gasteiger partial charge in [-0.15, -0.1) is 0 Å². The van der Waals surface area contributed by atoms with Gasteiger partial charge in [0, 0.05) is 19.3 Å². The Hall–Kier alpha value is -2.37. The molecule has 0 N–H and O–H groups in total. The van der Waals surface area contributed by atoms with Crippen LogP contribution in [-0.2, 0) is 28.6 Å². The van der Waals surface area contributed by atoms with Crippen molar-refractivity contribution in [1.82, 2.24) is 0 Å². The molecule has 0 aliphatic carbocycles. The van der Waals surface area contributed by atoms with Crippen molar-refractivity contribution in [3.8, 4) is 0 Å². The van der Waals surface area contributed by atoms with E-state index in [0.717, 1.165) is 83.5 Å². The molecule has 398 valence electrons. The molecule has 0 aromatic heterocycles. The van der Waals surface area contributed by atoms with Crippen LogP contribution in [0, 0.1) is 0 Å². The molecule has 0 heterocycles. The Kier molecular flexibility index (Phi) is 55.2. The Morgan fingerprint density at radius 2 is 0.529 bits per heavy atom. The Morgan fingerprint density at radius 3 is 0.824 bits per heavy atom. The summed E-state index contributed by atoms with van der Waals surface area (Å²) >= 11 is 0. The Balaban J connectivity index is 4.06. The van der Waals surface area contributed by atoms with Crippen LogP contribution in [0.4, 0.5) is 0 Å². The van der Waals surface area contributed by atoms with Crippen molar-refractivity contribution in [2.24, 2.45) is 0 Å². The number of ether oxygens (including phenoxy) is 3. The van der Waals surface area contributed by atoms with Crippen LogP contribution in [0.2, 0.25) is 0 Å². The lowest BCUT2D eigenvalue weighted by atomic mass is 10.0. The van der Waals surface area contributed by atoms with Crippen molar-refractivity contribution in [3.05, 3.63) is 36.5 Å². The smallest absolute Gasteiger partial charge is 0.306 e. The van der Waals surface area contributed by atoms with E-state index in [-0.39, 0.29) is 31.1 Å². The predicted octanol–water partition coefficient (Wildman–Crippen LogP) is 20.0. The number of carbonyl (C=O) groups excluding carboxylic acids is 3. The van der Waals surface area contributed by atoms with E-state index in [9.17, 15) is 14.4 Å². The average Bonchev–Trinajstić information content (AvgIpc) is 3.34. The number of rotatable bonds is 55. The summed E-state index contributed by atoms with van der Waals surface area (Å²) in [5, 5.41) is 0. The molecule has 1 atom stereocenters. The van der Waals surface area contributed by atoms with Gasteiger partial charge in [0.05, 0.1) is 0 Å². The number of unbranched alkanes of at least 4 members (excludes halogenated alkanes) is 38. The Morgan fingerprint density at radius 1 is 0.294 bits per heavy atom. The molecular weight excluding hydrogens is 841 g/mol. The van der Waals surface area contributed by atoms with Gasteiger partial charge in [0.2, 0.25) is 0 Å². The molecule has 0 fully saturated rings. The van der Waals surface area contributed by atoms with E-state index in [4.69, 9.17) is 14.2 Å². The second-order valence-corrected chi connectivity index (χ2v) is 20.3. The summed E-state index contributed by atoms with van der Waals surface area (Å²) in [5.41, 5.74) is 0. The third kappa shape index (κ3) is 54.6. The molecule has 0 bridgehead atoms. The van der Waals surface area contributed by atoms with Gasteiger partial charge in [-0.1, -0.05) is 282 Å². The van der Waals surface area contributed by atoms with Crippen molar-refractivity contribution < 1.29 is 28.6 Å². The van der Waals surface area contributed by atoms with E-state index in [2.05, 4.69) is 57.2 Å². The molecule has 0 aromatic rings. The van der Waals surface area contributed by atoms with Crippen molar-refractivity contribution in [2.45, 2.75) is 329 Å². The number of allylic oxidation sites excluding steroid dienone is 6. The normalized spacial score (nSPS) is 12.2. The Bertz CT molecular complexity index is 1140.